The predicted octanol–water partition coefficient (Wildman–Crippen LogP) is 3.05. The van der Waals surface area contributed by atoms with Gasteiger partial charge in [-0.2, -0.15) is 0 Å². The summed E-state index contributed by atoms with van der Waals surface area (Å²) in [5.74, 6) is -0.189. The lowest BCUT2D eigenvalue weighted by Crippen LogP contribution is -2.23. The fraction of sp³-hybridized carbons (Fsp3) is 0.188. The van der Waals surface area contributed by atoms with E-state index in [2.05, 4.69) is 0 Å². The highest BCUT2D eigenvalue weighted by atomic mass is 19.1. The second-order valence-electron chi connectivity index (χ2n) is 4.87. The highest BCUT2D eigenvalue weighted by Crippen LogP contribution is 2.25. The summed E-state index contributed by atoms with van der Waals surface area (Å²) in [6.45, 7) is 2.62. The molecule has 3 N–H and O–H groups in total. The van der Waals surface area contributed by atoms with E-state index in [9.17, 15) is 4.39 Å². The van der Waals surface area contributed by atoms with Crippen LogP contribution in [0.5, 0.6) is 0 Å². The average molecular weight is 271 g/mol. The maximum atomic E-state index is 12.9. The number of para-hydroxylation sites is 1. The molecule has 4 heteroatoms. The van der Waals surface area contributed by atoms with Crippen molar-refractivity contribution >= 4 is 11.5 Å². The number of halogens is 1. The van der Waals surface area contributed by atoms with E-state index in [4.69, 9.17) is 11.1 Å². The fourth-order valence-electron chi connectivity index (χ4n) is 2.33. The molecule has 0 aliphatic heterocycles. The minimum atomic E-state index is -0.239. The summed E-state index contributed by atoms with van der Waals surface area (Å²) in [7, 11) is 1.94. The van der Waals surface area contributed by atoms with Crippen molar-refractivity contribution in [3.63, 3.8) is 0 Å². The number of nitrogen functional groups attached to an aromatic ring is 1. The molecule has 0 saturated carbocycles. The molecule has 0 heterocycles. The Morgan fingerprint density at radius 3 is 2.45 bits per heavy atom. The summed E-state index contributed by atoms with van der Waals surface area (Å²) in [6, 6.07) is 12.1. The molecule has 3 nitrogen and oxygen atoms in total. The van der Waals surface area contributed by atoms with Gasteiger partial charge in [0.2, 0.25) is 0 Å². The Bertz CT molecular complexity index is 620. The molecule has 0 aromatic heterocycles. The van der Waals surface area contributed by atoms with Gasteiger partial charge in [-0.3, -0.25) is 5.41 Å². The largest absolute Gasteiger partial charge is 0.384 e. The van der Waals surface area contributed by atoms with Crippen LogP contribution in [0.1, 0.15) is 16.7 Å². The van der Waals surface area contributed by atoms with Gasteiger partial charge >= 0.3 is 0 Å². The van der Waals surface area contributed by atoms with Gasteiger partial charge in [0.1, 0.15) is 11.7 Å². The summed E-state index contributed by atoms with van der Waals surface area (Å²) in [5.41, 5.74) is 9.36. The van der Waals surface area contributed by atoms with Gasteiger partial charge in [-0.05, 0) is 36.2 Å². The molecule has 0 fully saturated rings. The van der Waals surface area contributed by atoms with Crippen LogP contribution < -0.4 is 10.6 Å². The van der Waals surface area contributed by atoms with Gasteiger partial charge in [0.15, 0.2) is 0 Å². The monoisotopic (exact) mass is 271 g/mol. The molecule has 0 saturated heterocycles. The van der Waals surface area contributed by atoms with Gasteiger partial charge in [0.25, 0.3) is 0 Å². The molecule has 2 aromatic rings. The van der Waals surface area contributed by atoms with Crippen molar-refractivity contribution in [3.8, 4) is 0 Å². The fourth-order valence-corrected chi connectivity index (χ4v) is 2.33. The van der Waals surface area contributed by atoms with Crippen molar-refractivity contribution in [2.75, 3.05) is 11.9 Å². The molecule has 0 bridgehead atoms. The smallest absolute Gasteiger partial charge is 0.124 e. The highest BCUT2D eigenvalue weighted by Gasteiger charge is 2.12. The minimum Gasteiger partial charge on any atom is -0.384 e. The lowest BCUT2D eigenvalue weighted by atomic mass is 10.1. The Morgan fingerprint density at radius 1 is 1.20 bits per heavy atom. The third kappa shape index (κ3) is 2.96. The van der Waals surface area contributed by atoms with E-state index in [-0.39, 0.29) is 11.7 Å². The number of benzene rings is 2. The molecule has 2 rings (SSSR count). The molecule has 0 spiro atoms. The Labute approximate surface area is 118 Å². The summed E-state index contributed by atoms with van der Waals surface area (Å²) in [6.07, 6.45) is 0. The van der Waals surface area contributed by atoms with Crippen molar-refractivity contribution in [2.24, 2.45) is 5.73 Å². The van der Waals surface area contributed by atoms with Crippen molar-refractivity contribution in [1.29, 1.82) is 5.41 Å². The first kappa shape index (κ1) is 14.1. The van der Waals surface area contributed by atoms with E-state index in [1.807, 2.05) is 37.1 Å². The number of rotatable bonds is 4. The van der Waals surface area contributed by atoms with Crippen LogP contribution in [0.15, 0.2) is 42.5 Å². The molecule has 0 unspecified atom stereocenters. The van der Waals surface area contributed by atoms with E-state index < -0.39 is 0 Å². The van der Waals surface area contributed by atoms with Gasteiger partial charge in [0, 0.05) is 19.2 Å². The lowest BCUT2D eigenvalue weighted by molar-refractivity contribution is 0.627. The molecule has 104 valence electrons. The number of nitrogens with two attached hydrogens (primary N) is 1. The average Bonchev–Trinajstić information content (AvgIpc) is 2.40. The zero-order valence-corrected chi connectivity index (χ0v) is 11.7. The topological polar surface area (TPSA) is 53.1 Å². The molecular weight excluding hydrogens is 253 g/mol. The van der Waals surface area contributed by atoms with Crippen LogP contribution in [0, 0.1) is 18.2 Å². The molecule has 0 aliphatic carbocycles. The quantitative estimate of drug-likeness (QED) is 0.663. The van der Waals surface area contributed by atoms with Crippen LogP contribution >= 0.6 is 0 Å². The molecule has 0 atom stereocenters. The van der Waals surface area contributed by atoms with Gasteiger partial charge in [-0.15, -0.1) is 0 Å². The van der Waals surface area contributed by atoms with E-state index in [0.29, 0.717) is 6.54 Å². The van der Waals surface area contributed by atoms with Crippen LogP contribution in [-0.4, -0.2) is 12.9 Å². The van der Waals surface area contributed by atoms with Crippen molar-refractivity contribution < 1.29 is 4.39 Å². The van der Waals surface area contributed by atoms with Gasteiger partial charge in [-0.1, -0.05) is 24.3 Å². The standard InChI is InChI=1S/C16H18FN3/c1-11-4-3-5-14(16(18)19)15(11)20(2)10-12-6-8-13(17)9-7-12/h3-9H,10H2,1-2H3,(H3,18,19). The molecule has 2 aromatic carbocycles. The highest BCUT2D eigenvalue weighted by molar-refractivity contribution is 6.01. The summed E-state index contributed by atoms with van der Waals surface area (Å²) < 4.78 is 12.9. The molecule has 20 heavy (non-hydrogen) atoms. The molecule has 0 radical (unpaired) electrons. The number of nitrogens with zero attached hydrogens (tertiary/aromatic N) is 1. The van der Waals surface area contributed by atoms with Crippen LogP contribution in [-0.2, 0) is 6.54 Å². The Morgan fingerprint density at radius 2 is 1.85 bits per heavy atom. The predicted molar refractivity (Wildman–Crippen MR) is 80.7 cm³/mol. The number of hydrogen-bond donors (Lipinski definition) is 2. The second-order valence-corrected chi connectivity index (χ2v) is 4.87. The van der Waals surface area contributed by atoms with E-state index in [1.165, 1.54) is 12.1 Å². The number of aryl methyl sites for hydroxylation is 1. The van der Waals surface area contributed by atoms with Crippen LogP contribution in [0.25, 0.3) is 0 Å². The first-order valence-corrected chi connectivity index (χ1v) is 6.38. The third-order valence-electron chi connectivity index (χ3n) is 3.24. The van der Waals surface area contributed by atoms with E-state index >= 15 is 0 Å². The SMILES string of the molecule is Cc1cccc(C(=N)N)c1N(C)Cc1ccc(F)cc1. The summed E-state index contributed by atoms with van der Waals surface area (Å²) in [4.78, 5) is 2.03. The Hall–Kier alpha value is -2.36. The Kier molecular flexibility index (Phi) is 4.03. The maximum absolute atomic E-state index is 12.9. The first-order chi connectivity index (χ1) is 9.49. The number of nitrogens with one attached hydrogen (secondary N) is 1. The molecule has 0 amide bonds. The van der Waals surface area contributed by atoms with E-state index in [0.717, 1.165) is 22.4 Å². The van der Waals surface area contributed by atoms with Crippen LogP contribution in [0.2, 0.25) is 0 Å². The van der Waals surface area contributed by atoms with Gasteiger partial charge in [0.05, 0.1) is 5.69 Å². The number of hydrogen-bond acceptors (Lipinski definition) is 2. The van der Waals surface area contributed by atoms with Crippen LogP contribution in [0.4, 0.5) is 10.1 Å². The van der Waals surface area contributed by atoms with Crippen molar-refractivity contribution in [2.45, 2.75) is 13.5 Å². The minimum absolute atomic E-state index is 0.0506. The second kappa shape index (κ2) is 5.74. The van der Waals surface area contributed by atoms with Gasteiger partial charge in [-0.25, -0.2) is 4.39 Å². The van der Waals surface area contributed by atoms with Crippen LogP contribution in [0.3, 0.4) is 0 Å². The number of amidine groups is 1. The summed E-state index contributed by atoms with van der Waals surface area (Å²) >= 11 is 0. The zero-order valence-electron chi connectivity index (χ0n) is 11.7. The first-order valence-electron chi connectivity index (χ1n) is 6.38. The third-order valence-corrected chi connectivity index (χ3v) is 3.24. The van der Waals surface area contributed by atoms with Crippen molar-refractivity contribution in [1.82, 2.24) is 0 Å². The maximum Gasteiger partial charge on any atom is 0.124 e. The Balaban J connectivity index is 2.31. The molecular formula is C16H18FN3. The normalized spacial score (nSPS) is 10.3. The molecule has 0 aliphatic rings. The van der Waals surface area contributed by atoms with Crippen molar-refractivity contribution in [3.05, 3.63) is 65.0 Å². The summed E-state index contributed by atoms with van der Waals surface area (Å²) in [5, 5.41) is 7.68. The lowest BCUT2D eigenvalue weighted by Gasteiger charge is -2.24. The number of anilines is 1. The van der Waals surface area contributed by atoms with Gasteiger partial charge < -0.3 is 10.6 Å². The van der Waals surface area contributed by atoms with E-state index in [1.54, 1.807) is 12.1 Å². The zero-order chi connectivity index (χ0) is 14.7.